The molecule has 2 heterocycles. The number of benzene rings is 1. The van der Waals surface area contributed by atoms with Gasteiger partial charge in [0.1, 0.15) is 0 Å². The van der Waals surface area contributed by atoms with Crippen molar-refractivity contribution in [1.82, 2.24) is 0 Å². The van der Waals surface area contributed by atoms with Gasteiger partial charge < -0.3 is 14.7 Å². The van der Waals surface area contributed by atoms with Gasteiger partial charge in [0.2, 0.25) is 5.91 Å². The van der Waals surface area contributed by atoms with E-state index in [1.807, 2.05) is 19.2 Å². The number of fused-ring (bicyclic) bond motifs is 1. The van der Waals surface area contributed by atoms with Gasteiger partial charge in [0.05, 0.1) is 25.2 Å². The van der Waals surface area contributed by atoms with E-state index >= 15 is 0 Å². The van der Waals surface area contributed by atoms with Crippen molar-refractivity contribution >= 4 is 11.6 Å². The number of hydrogen-bond donors (Lipinski definition) is 1. The van der Waals surface area contributed by atoms with E-state index in [1.54, 1.807) is 4.90 Å². The third-order valence-electron chi connectivity index (χ3n) is 4.09. The third kappa shape index (κ3) is 1.56. The fraction of sp³-hybridized carbons (Fsp3) is 0.500. The van der Waals surface area contributed by atoms with Gasteiger partial charge in [0, 0.05) is 19.2 Å². The number of aryl methyl sites for hydroxylation is 1. The Morgan fingerprint density at radius 3 is 2.78 bits per heavy atom. The summed E-state index contributed by atoms with van der Waals surface area (Å²) in [7, 11) is 1.81. The number of ether oxygens (including phenoxy) is 1. The molecule has 0 bridgehead atoms. The minimum Gasteiger partial charge on any atom is -0.395 e. The van der Waals surface area contributed by atoms with Crippen molar-refractivity contribution in [1.29, 1.82) is 0 Å². The van der Waals surface area contributed by atoms with Gasteiger partial charge in [-0.1, -0.05) is 12.1 Å². The average Bonchev–Trinajstić information content (AvgIpc) is 2.33. The molecule has 1 fully saturated rings. The lowest BCUT2D eigenvalue weighted by Crippen LogP contribution is -2.49. The molecule has 18 heavy (non-hydrogen) atoms. The number of hydrogen-bond acceptors (Lipinski definition) is 3. The van der Waals surface area contributed by atoms with Crippen LogP contribution in [-0.4, -0.2) is 37.9 Å². The van der Waals surface area contributed by atoms with Gasteiger partial charge >= 0.3 is 0 Å². The molecule has 1 aromatic carbocycles. The van der Waals surface area contributed by atoms with E-state index in [2.05, 4.69) is 6.07 Å². The first kappa shape index (κ1) is 11.7. The molecule has 0 aliphatic carbocycles. The van der Waals surface area contributed by atoms with Crippen molar-refractivity contribution in [3.63, 3.8) is 0 Å². The number of aliphatic hydroxyl groups is 1. The van der Waals surface area contributed by atoms with Crippen molar-refractivity contribution in [3.8, 4) is 0 Å². The van der Waals surface area contributed by atoms with Crippen molar-refractivity contribution < 1.29 is 14.6 Å². The topological polar surface area (TPSA) is 49.8 Å². The van der Waals surface area contributed by atoms with Crippen molar-refractivity contribution in [2.75, 3.05) is 31.8 Å². The Bertz CT molecular complexity index is 488. The van der Waals surface area contributed by atoms with Gasteiger partial charge in [-0.3, -0.25) is 4.79 Å². The first-order chi connectivity index (χ1) is 8.66. The molecular formula is C14H17NO3. The Kier molecular flexibility index (Phi) is 2.64. The maximum atomic E-state index is 11.6. The Balaban J connectivity index is 1.99. The minimum absolute atomic E-state index is 0.112. The van der Waals surface area contributed by atoms with E-state index in [0.717, 1.165) is 17.7 Å². The van der Waals surface area contributed by atoms with Crippen LogP contribution in [0.4, 0.5) is 5.69 Å². The number of nitrogens with zero attached hydrogens (tertiary/aromatic N) is 1. The number of amides is 1. The summed E-state index contributed by atoms with van der Waals surface area (Å²) in [4.78, 5) is 13.3. The maximum Gasteiger partial charge on any atom is 0.227 e. The van der Waals surface area contributed by atoms with Crippen LogP contribution < -0.4 is 4.90 Å². The molecular weight excluding hydrogens is 230 g/mol. The molecule has 1 N–H and O–H groups in total. The standard InChI is InChI=1S/C14H17NO3/c1-15-12-4-3-11(14(7-16)8-18-9-14)6-10(12)2-5-13(15)17/h3-4,6,16H,2,5,7-9H2,1H3. The van der Waals surface area contributed by atoms with E-state index < -0.39 is 0 Å². The Morgan fingerprint density at radius 1 is 1.39 bits per heavy atom. The number of rotatable bonds is 2. The second-order valence-electron chi connectivity index (χ2n) is 5.23. The highest BCUT2D eigenvalue weighted by atomic mass is 16.5. The lowest BCUT2D eigenvalue weighted by molar-refractivity contribution is -0.118. The fourth-order valence-corrected chi connectivity index (χ4v) is 2.68. The zero-order chi connectivity index (χ0) is 12.8. The fourth-order valence-electron chi connectivity index (χ4n) is 2.68. The second kappa shape index (κ2) is 4.07. The highest BCUT2D eigenvalue weighted by Gasteiger charge is 2.40. The molecule has 1 saturated heterocycles. The van der Waals surface area contributed by atoms with Crippen LogP contribution in [0.3, 0.4) is 0 Å². The summed E-state index contributed by atoms with van der Waals surface area (Å²) in [6, 6.07) is 6.11. The van der Waals surface area contributed by atoms with Crippen molar-refractivity contribution in [2.45, 2.75) is 18.3 Å². The summed E-state index contributed by atoms with van der Waals surface area (Å²) in [5.74, 6) is 0.166. The molecule has 1 aromatic rings. The maximum absolute atomic E-state index is 11.6. The zero-order valence-electron chi connectivity index (χ0n) is 10.5. The number of aliphatic hydroxyl groups excluding tert-OH is 1. The largest absolute Gasteiger partial charge is 0.395 e. The van der Waals surface area contributed by atoms with E-state index in [4.69, 9.17) is 4.74 Å². The van der Waals surface area contributed by atoms with Gasteiger partial charge in [-0.25, -0.2) is 0 Å². The molecule has 1 amide bonds. The van der Waals surface area contributed by atoms with Gasteiger partial charge in [-0.2, -0.15) is 0 Å². The summed E-state index contributed by atoms with van der Waals surface area (Å²) < 4.78 is 5.24. The summed E-state index contributed by atoms with van der Waals surface area (Å²) in [6.07, 6.45) is 1.35. The van der Waals surface area contributed by atoms with Crippen LogP contribution in [0.1, 0.15) is 17.5 Å². The molecule has 0 radical (unpaired) electrons. The molecule has 0 saturated carbocycles. The van der Waals surface area contributed by atoms with Crippen LogP contribution in [0.5, 0.6) is 0 Å². The van der Waals surface area contributed by atoms with E-state index in [1.165, 1.54) is 5.56 Å². The number of carbonyl (C=O) groups excluding carboxylic acids is 1. The number of anilines is 1. The Labute approximate surface area is 106 Å². The molecule has 2 aliphatic rings. The third-order valence-corrected chi connectivity index (χ3v) is 4.09. The van der Waals surface area contributed by atoms with Crippen molar-refractivity contribution in [2.24, 2.45) is 0 Å². The Morgan fingerprint density at radius 2 is 2.17 bits per heavy atom. The molecule has 4 heteroatoms. The summed E-state index contributed by atoms with van der Waals surface area (Å²) in [5.41, 5.74) is 3.07. The van der Waals surface area contributed by atoms with E-state index in [0.29, 0.717) is 19.6 Å². The molecule has 0 unspecified atom stereocenters. The lowest BCUT2D eigenvalue weighted by Gasteiger charge is -2.41. The van der Waals surface area contributed by atoms with Crippen LogP contribution in [0.2, 0.25) is 0 Å². The molecule has 0 atom stereocenters. The van der Waals surface area contributed by atoms with Crippen LogP contribution in [0.15, 0.2) is 18.2 Å². The molecule has 4 nitrogen and oxygen atoms in total. The predicted octanol–water partition coefficient (Wildman–Crippen LogP) is 0.856. The monoisotopic (exact) mass is 247 g/mol. The van der Waals surface area contributed by atoms with Crippen molar-refractivity contribution in [3.05, 3.63) is 29.3 Å². The normalized spacial score (nSPS) is 21.4. The van der Waals surface area contributed by atoms with Gasteiger partial charge in [0.25, 0.3) is 0 Å². The van der Waals surface area contributed by atoms with Crippen LogP contribution >= 0.6 is 0 Å². The van der Waals surface area contributed by atoms with Gasteiger partial charge in [-0.05, 0) is 23.6 Å². The Hall–Kier alpha value is -1.39. The summed E-state index contributed by atoms with van der Waals surface area (Å²) in [5, 5.41) is 9.54. The molecule has 0 spiro atoms. The highest BCUT2D eigenvalue weighted by molar-refractivity contribution is 5.95. The first-order valence-electron chi connectivity index (χ1n) is 6.25. The SMILES string of the molecule is CN1C(=O)CCc2cc(C3(CO)COC3)ccc21. The molecule has 3 rings (SSSR count). The van der Waals surface area contributed by atoms with Crippen LogP contribution in [0.25, 0.3) is 0 Å². The highest BCUT2D eigenvalue weighted by Crippen LogP contribution is 2.36. The van der Waals surface area contributed by atoms with E-state index in [-0.39, 0.29) is 17.9 Å². The van der Waals surface area contributed by atoms with Gasteiger partial charge in [-0.15, -0.1) is 0 Å². The minimum atomic E-state index is -0.227. The quantitative estimate of drug-likeness (QED) is 0.843. The predicted molar refractivity (Wildman–Crippen MR) is 67.8 cm³/mol. The zero-order valence-corrected chi connectivity index (χ0v) is 10.5. The average molecular weight is 247 g/mol. The summed E-state index contributed by atoms with van der Waals surface area (Å²) >= 11 is 0. The first-order valence-corrected chi connectivity index (χ1v) is 6.25. The second-order valence-corrected chi connectivity index (χ2v) is 5.23. The lowest BCUT2D eigenvalue weighted by atomic mass is 9.78. The molecule has 96 valence electrons. The van der Waals surface area contributed by atoms with Crippen LogP contribution in [0, 0.1) is 0 Å². The summed E-state index contributed by atoms with van der Waals surface area (Å²) in [6.45, 7) is 1.27. The van der Waals surface area contributed by atoms with Gasteiger partial charge in [0.15, 0.2) is 0 Å². The smallest absolute Gasteiger partial charge is 0.227 e. The van der Waals surface area contributed by atoms with E-state index in [9.17, 15) is 9.90 Å². The molecule has 2 aliphatic heterocycles. The molecule has 0 aromatic heterocycles. The number of carbonyl (C=O) groups is 1. The van der Waals surface area contributed by atoms with Crippen LogP contribution in [-0.2, 0) is 21.4 Å².